The summed E-state index contributed by atoms with van der Waals surface area (Å²) in [5.41, 5.74) is 0. The third kappa shape index (κ3) is 5.25. The van der Waals surface area contributed by atoms with Crippen LogP contribution in [-0.2, 0) is 0 Å². The fourth-order valence-electron chi connectivity index (χ4n) is 2.63. The molecule has 10 heteroatoms. The van der Waals surface area contributed by atoms with E-state index in [-0.39, 0.29) is 13.1 Å². The summed E-state index contributed by atoms with van der Waals surface area (Å²) in [4.78, 5) is 2.78. The quantitative estimate of drug-likeness (QED) is 0.757. The molecule has 1 fully saturated rings. The molecule has 0 saturated carbocycles. The van der Waals surface area contributed by atoms with E-state index in [9.17, 15) is 26.3 Å². The summed E-state index contributed by atoms with van der Waals surface area (Å²) >= 11 is 0. The van der Waals surface area contributed by atoms with Crippen LogP contribution in [0.4, 0.5) is 26.3 Å². The highest BCUT2D eigenvalue weighted by Gasteiger charge is 2.43. The second kappa shape index (κ2) is 6.90. The van der Waals surface area contributed by atoms with Gasteiger partial charge in [0, 0.05) is 38.3 Å². The Bertz CT molecular complexity index is 351. The lowest BCUT2D eigenvalue weighted by atomic mass is 10.1. The van der Waals surface area contributed by atoms with Crippen LogP contribution in [0.15, 0.2) is 0 Å². The Morgan fingerprint density at radius 1 is 0.864 bits per heavy atom. The molecule has 0 aromatic heterocycles. The molecule has 0 aromatic rings. The number of nitrogens with zero attached hydrogens (tertiary/aromatic N) is 2. The van der Waals surface area contributed by atoms with Gasteiger partial charge in [0.25, 0.3) is 0 Å². The van der Waals surface area contributed by atoms with Crippen LogP contribution in [0.2, 0.25) is 0 Å². The van der Waals surface area contributed by atoms with E-state index in [2.05, 4.69) is 0 Å². The molecule has 4 atom stereocenters. The van der Waals surface area contributed by atoms with Crippen molar-refractivity contribution in [2.45, 2.75) is 50.5 Å². The zero-order valence-corrected chi connectivity index (χ0v) is 12.2. The maximum atomic E-state index is 12.4. The van der Waals surface area contributed by atoms with E-state index in [1.807, 2.05) is 0 Å². The molecule has 0 unspecified atom stereocenters. The van der Waals surface area contributed by atoms with Crippen molar-refractivity contribution in [3.63, 3.8) is 0 Å². The second-order valence-electron chi connectivity index (χ2n) is 5.73. The van der Waals surface area contributed by atoms with Gasteiger partial charge in [-0.15, -0.1) is 0 Å². The largest absolute Gasteiger partial charge is 0.415 e. The minimum absolute atomic E-state index is 0.0854. The molecule has 1 aliphatic heterocycles. The van der Waals surface area contributed by atoms with Crippen LogP contribution in [0.1, 0.15) is 13.8 Å². The number of hydrogen-bond donors (Lipinski definition) is 2. The summed E-state index contributed by atoms with van der Waals surface area (Å²) in [5.74, 6) is 0. The zero-order valence-electron chi connectivity index (χ0n) is 12.2. The van der Waals surface area contributed by atoms with Gasteiger partial charge >= 0.3 is 12.4 Å². The van der Waals surface area contributed by atoms with Crippen molar-refractivity contribution in [1.29, 1.82) is 0 Å². The minimum Gasteiger partial charge on any atom is -0.382 e. The topological polar surface area (TPSA) is 46.9 Å². The second-order valence-corrected chi connectivity index (χ2v) is 5.73. The zero-order chi connectivity index (χ0) is 17.3. The monoisotopic (exact) mass is 338 g/mol. The molecule has 0 bridgehead atoms. The summed E-state index contributed by atoms with van der Waals surface area (Å²) in [5, 5.41) is 18.2. The first kappa shape index (κ1) is 19.5. The van der Waals surface area contributed by atoms with Crippen LogP contribution in [0.5, 0.6) is 0 Å². The van der Waals surface area contributed by atoms with Crippen molar-refractivity contribution < 1.29 is 36.6 Å². The number of hydrogen-bond acceptors (Lipinski definition) is 4. The van der Waals surface area contributed by atoms with Gasteiger partial charge < -0.3 is 10.2 Å². The number of piperazine rings is 1. The molecule has 1 heterocycles. The Hall–Kier alpha value is -0.580. The highest BCUT2D eigenvalue weighted by Crippen LogP contribution is 2.25. The van der Waals surface area contributed by atoms with E-state index < -0.39 is 49.7 Å². The van der Waals surface area contributed by atoms with Crippen LogP contribution >= 0.6 is 0 Å². The molecule has 0 amide bonds. The summed E-state index contributed by atoms with van der Waals surface area (Å²) in [7, 11) is 0. The first-order valence-electron chi connectivity index (χ1n) is 6.80. The van der Waals surface area contributed by atoms with Crippen LogP contribution < -0.4 is 0 Å². The number of aliphatic hydroxyl groups excluding tert-OH is 2. The SMILES string of the molecule is C[C@@H]1CN(C[C@H](O)C(F)(F)F)C[C@H](C)N1C[C@@H](O)C(F)(F)F. The molecular weight excluding hydrogens is 318 g/mol. The molecule has 22 heavy (non-hydrogen) atoms. The van der Waals surface area contributed by atoms with Crippen molar-refractivity contribution >= 4 is 0 Å². The molecule has 4 nitrogen and oxygen atoms in total. The van der Waals surface area contributed by atoms with E-state index in [1.165, 1.54) is 9.80 Å². The first-order chi connectivity index (χ1) is 9.82. The summed E-state index contributed by atoms with van der Waals surface area (Å²) in [6, 6.07) is -0.942. The van der Waals surface area contributed by atoms with Crippen molar-refractivity contribution in [2.24, 2.45) is 0 Å². The van der Waals surface area contributed by atoms with Crippen LogP contribution in [0.3, 0.4) is 0 Å². The maximum Gasteiger partial charge on any atom is 0.415 e. The molecule has 0 radical (unpaired) electrons. The molecule has 132 valence electrons. The molecule has 0 aromatic carbocycles. The van der Waals surface area contributed by atoms with E-state index in [0.29, 0.717) is 0 Å². The standard InChI is InChI=1S/C12H20F6N2O2/c1-7-3-19(5-9(21)11(13,14)15)4-8(2)20(7)6-10(22)12(16,17)18/h7-10,21-22H,3-6H2,1-2H3/t7-,8+,9-,10+/m0/s1. The number of aliphatic hydroxyl groups is 2. The average Bonchev–Trinajstić information content (AvgIpc) is 2.31. The first-order valence-corrected chi connectivity index (χ1v) is 6.80. The van der Waals surface area contributed by atoms with Gasteiger partial charge in [-0.3, -0.25) is 9.80 Å². The smallest absolute Gasteiger partial charge is 0.382 e. The lowest BCUT2D eigenvalue weighted by molar-refractivity contribution is -0.217. The van der Waals surface area contributed by atoms with Crippen molar-refractivity contribution in [1.82, 2.24) is 9.80 Å². The van der Waals surface area contributed by atoms with Gasteiger partial charge in [0.15, 0.2) is 12.2 Å². The third-order valence-electron chi connectivity index (χ3n) is 3.75. The highest BCUT2D eigenvalue weighted by atomic mass is 19.4. The van der Waals surface area contributed by atoms with Gasteiger partial charge in [-0.25, -0.2) is 0 Å². The maximum absolute atomic E-state index is 12.4. The summed E-state index contributed by atoms with van der Waals surface area (Å²) in [6.07, 6.45) is -14.4. The van der Waals surface area contributed by atoms with E-state index in [4.69, 9.17) is 10.2 Å². The van der Waals surface area contributed by atoms with E-state index >= 15 is 0 Å². The third-order valence-corrected chi connectivity index (χ3v) is 3.75. The fourth-order valence-corrected chi connectivity index (χ4v) is 2.63. The minimum atomic E-state index is -4.73. The van der Waals surface area contributed by atoms with Crippen molar-refractivity contribution in [3.8, 4) is 0 Å². The predicted molar refractivity (Wildman–Crippen MR) is 66.2 cm³/mol. The molecule has 2 N–H and O–H groups in total. The molecule has 0 spiro atoms. The van der Waals surface area contributed by atoms with Gasteiger partial charge in [-0.1, -0.05) is 0 Å². The Balaban J connectivity index is 2.62. The summed E-state index contributed by atoms with van der Waals surface area (Å²) < 4.78 is 74.2. The van der Waals surface area contributed by atoms with Crippen LogP contribution in [0, 0.1) is 0 Å². The molecule has 1 aliphatic rings. The molecular formula is C12H20F6N2O2. The predicted octanol–water partition coefficient (Wildman–Crippen LogP) is 1.23. The number of alkyl halides is 6. The normalized spacial score (nSPS) is 28.6. The van der Waals surface area contributed by atoms with Gasteiger partial charge in [0.2, 0.25) is 0 Å². The summed E-state index contributed by atoms with van der Waals surface area (Å²) in [6.45, 7) is 2.08. The Morgan fingerprint density at radius 2 is 1.23 bits per heavy atom. The van der Waals surface area contributed by atoms with Crippen LogP contribution in [-0.4, -0.2) is 82.8 Å². The van der Waals surface area contributed by atoms with Gasteiger partial charge in [-0.2, -0.15) is 26.3 Å². The lowest BCUT2D eigenvalue weighted by Gasteiger charge is -2.45. The lowest BCUT2D eigenvalue weighted by Crippen LogP contribution is -2.60. The molecule has 1 saturated heterocycles. The highest BCUT2D eigenvalue weighted by molar-refractivity contribution is 4.88. The Labute approximate surface area is 124 Å². The van der Waals surface area contributed by atoms with Crippen LogP contribution in [0.25, 0.3) is 0 Å². The fraction of sp³-hybridized carbons (Fsp3) is 1.00. The van der Waals surface area contributed by atoms with Crippen molar-refractivity contribution in [3.05, 3.63) is 0 Å². The number of β-amino-alcohol motifs (C(OH)–C–C–N with tert-alkyl or cyclic N) is 2. The van der Waals surface area contributed by atoms with Crippen molar-refractivity contribution in [2.75, 3.05) is 26.2 Å². The Kier molecular flexibility index (Phi) is 6.10. The van der Waals surface area contributed by atoms with Gasteiger partial charge in [0.1, 0.15) is 0 Å². The number of halogens is 6. The average molecular weight is 338 g/mol. The molecule has 0 aliphatic carbocycles. The van der Waals surface area contributed by atoms with E-state index in [0.717, 1.165) is 0 Å². The van der Waals surface area contributed by atoms with Gasteiger partial charge in [0.05, 0.1) is 0 Å². The van der Waals surface area contributed by atoms with E-state index in [1.54, 1.807) is 13.8 Å². The Morgan fingerprint density at radius 3 is 1.59 bits per heavy atom. The van der Waals surface area contributed by atoms with Gasteiger partial charge in [-0.05, 0) is 13.8 Å². The number of rotatable bonds is 4. The molecule has 1 rings (SSSR count).